The molecule has 0 spiro atoms. The summed E-state index contributed by atoms with van der Waals surface area (Å²) >= 11 is 0. The molecule has 9 nitrogen and oxygen atoms in total. The average Bonchev–Trinajstić information content (AvgIpc) is 3.10. The zero-order valence-corrected chi connectivity index (χ0v) is 17.5. The Morgan fingerprint density at radius 1 is 1.12 bits per heavy atom. The fraction of sp³-hybridized carbons (Fsp3) is 0.278. The van der Waals surface area contributed by atoms with Crippen LogP contribution in [0.15, 0.2) is 36.4 Å². The first-order valence-electron chi connectivity index (χ1n) is 8.98. The third-order valence-electron chi connectivity index (χ3n) is 4.30. The molecular formula is C18H16F5N5O4S. The summed E-state index contributed by atoms with van der Waals surface area (Å²) in [5.74, 6) is -3.46. The molecule has 0 aliphatic rings. The lowest BCUT2D eigenvalue weighted by molar-refractivity contribution is -0.274. The fourth-order valence-corrected chi connectivity index (χ4v) is 3.93. The van der Waals surface area contributed by atoms with Crippen molar-refractivity contribution in [1.29, 1.82) is 0 Å². The van der Waals surface area contributed by atoms with Crippen LogP contribution in [0.2, 0.25) is 0 Å². The smallest absolute Gasteiger partial charge is 0.406 e. The minimum Gasteiger partial charge on any atom is -0.406 e. The molecular weight excluding hydrogens is 477 g/mol. The van der Waals surface area contributed by atoms with Gasteiger partial charge in [-0.15, -0.1) is 23.4 Å². The molecule has 0 aliphatic heterocycles. The molecule has 3 aromatic rings. The Kier molecular flexibility index (Phi) is 6.41. The van der Waals surface area contributed by atoms with Crippen molar-refractivity contribution < 1.29 is 40.2 Å². The summed E-state index contributed by atoms with van der Waals surface area (Å²) in [4.78, 5) is 0.872. The number of halogens is 5. The molecule has 15 heteroatoms. The maximum Gasteiger partial charge on any atom is 0.573 e. The number of rotatable bonds is 7. The second kappa shape index (κ2) is 8.64. The summed E-state index contributed by atoms with van der Waals surface area (Å²) in [5, 5.41) is 26.7. The minimum atomic E-state index is -4.96. The van der Waals surface area contributed by atoms with E-state index in [2.05, 4.69) is 20.1 Å². The number of benzene rings is 2. The van der Waals surface area contributed by atoms with Gasteiger partial charge in [0.2, 0.25) is 15.8 Å². The van der Waals surface area contributed by atoms with Gasteiger partial charge in [0.15, 0.2) is 0 Å². The largest absolute Gasteiger partial charge is 0.573 e. The summed E-state index contributed by atoms with van der Waals surface area (Å²) in [6.07, 6.45) is -4.96. The van der Waals surface area contributed by atoms with E-state index in [-0.39, 0.29) is 17.0 Å². The summed E-state index contributed by atoms with van der Waals surface area (Å²) in [7, 11) is -4.15. The molecule has 0 saturated carbocycles. The van der Waals surface area contributed by atoms with E-state index in [0.717, 1.165) is 42.1 Å². The van der Waals surface area contributed by atoms with Gasteiger partial charge in [-0.05, 0) is 48.5 Å². The van der Waals surface area contributed by atoms with E-state index in [9.17, 15) is 35.5 Å². The highest BCUT2D eigenvalue weighted by molar-refractivity contribution is 7.89. The standard InChI is InChI=1S/C18H16F5N5O4S/c1-17(29,9-33(24,30)31)13-7-10(2-4-15(13)20)16-25-27-28(26-16)8-11-6-12(3-5-14(11)19)32-18(21,22)23/h2-7,29H,8-9H2,1H3,(H2,24,30,31). The van der Waals surface area contributed by atoms with Crippen LogP contribution in [0.4, 0.5) is 22.0 Å². The van der Waals surface area contributed by atoms with Crippen LogP contribution in [0, 0.1) is 11.6 Å². The summed E-state index contributed by atoms with van der Waals surface area (Å²) in [6.45, 7) is 0.647. The minimum absolute atomic E-state index is 0.106. The highest BCUT2D eigenvalue weighted by Gasteiger charge is 2.32. The lowest BCUT2D eigenvalue weighted by Gasteiger charge is -2.23. The molecule has 1 unspecified atom stereocenters. The van der Waals surface area contributed by atoms with Crippen molar-refractivity contribution in [2.75, 3.05) is 5.75 Å². The van der Waals surface area contributed by atoms with E-state index in [1.165, 1.54) is 6.07 Å². The van der Waals surface area contributed by atoms with Crippen molar-refractivity contribution in [1.82, 2.24) is 20.2 Å². The normalized spacial score (nSPS) is 14.2. The number of alkyl halides is 3. The maximum absolute atomic E-state index is 14.3. The van der Waals surface area contributed by atoms with Gasteiger partial charge in [-0.3, -0.25) is 0 Å². The van der Waals surface area contributed by atoms with Crippen LogP contribution in [-0.4, -0.2) is 45.8 Å². The van der Waals surface area contributed by atoms with Crippen LogP contribution < -0.4 is 9.88 Å². The van der Waals surface area contributed by atoms with Crippen molar-refractivity contribution in [2.45, 2.75) is 25.4 Å². The van der Waals surface area contributed by atoms with Gasteiger partial charge in [-0.2, -0.15) is 4.80 Å². The molecule has 0 radical (unpaired) electrons. The van der Waals surface area contributed by atoms with Crippen LogP contribution in [-0.2, 0) is 22.2 Å². The van der Waals surface area contributed by atoms with Gasteiger partial charge in [0.05, 0.1) is 12.3 Å². The molecule has 33 heavy (non-hydrogen) atoms. The molecule has 0 amide bonds. The monoisotopic (exact) mass is 493 g/mol. The van der Waals surface area contributed by atoms with Gasteiger partial charge in [-0.25, -0.2) is 22.3 Å². The van der Waals surface area contributed by atoms with Crippen LogP contribution in [0.1, 0.15) is 18.1 Å². The van der Waals surface area contributed by atoms with Gasteiger partial charge in [0, 0.05) is 16.7 Å². The van der Waals surface area contributed by atoms with Crippen LogP contribution in [0.5, 0.6) is 5.75 Å². The number of hydrogen-bond acceptors (Lipinski definition) is 7. The first-order valence-corrected chi connectivity index (χ1v) is 10.7. The van der Waals surface area contributed by atoms with Crippen molar-refractivity contribution >= 4 is 10.0 Å². The van der Waals surface area contributed by atoms with Gasteiger partial charge in [-0.1, -0.05) is 0 Å². The lowest BCUT2D eigenvalue weighted by atomic mass is 9.95. The second-order valence-corrected chi connectivity index (χ2v) is 8.83. The second-order valence-electron chi connectivity index (χ2n) is 7.22. The zero-order valence-electron chi connectivity index (χ0n) is 16.7. The number of nitrogens with two attached hydrogens (primary N) is 1. The number of hydrogen-bond donors (Lipinski definition) is 2. The van der Waals surface area contributed by atoms with Gasteiger partial charge in [0.1, 0.15) is 23.0 Å². The quantitative estimate of drug-likeness (QED) is 0.482. The van der Waals surface area contributed by atoms with Crippen molar-refractivity contribution in [3.8, 4) is 17.1 Å². The Bertz CT molecular complexity index is 1280. The van der Waals surface area contributed by atoms with E-state index in [0.29, 0.717) is 0 Å². The van der Waals surface area contributed by atoms with Crippen molar-refractivity contribution in [3.63, 3.8) is 0 Å². The highest BCUT2D eigenvalue weighted by Crippen LogP contribution is 2.29. The Morgan fingerprint density at radius 3 is 2.42 bits per heavy atom. The van der Waals surface area contributed by atoms with Crippen LogP contribution in [0.25, 0.3) is 11.4 Å². The summed E-state index contributed by atoms with van der Waals surface area (Å²) < 4.78 is 91.9. The molecule has 0 aliphatic carbocycles. The molecule has 1 aromatic heterocycles. The Labute approximate surface area is 183 Å². The lowest BCUT2D eigenvalue weighted by Crippen LogP contribution is -2.35. The first kappa shape index (κ1) is 24.5. The predicted molar refractivity (Wildman–Crippen MR) is 103 cm³/mol. The number of primary sulfonamides is 1. The molecule has 2 aromatic carbocycles. The number of ether oxygens (including phenoxy) is 1. The Balaban J connectivity index is 1.88. The molecule has 3 rings (SSSR count). The molecule has 0 fully saturated rings. The molecule has 1 atom stereocenters. The van der Waals surface area contributed by atoms with E-state index in [1.54, 1.807) is 0 Å². The molecule has 1 heterocycles. The number of tetrazole rings is 1. The summed E-state index contributed by atoms with van der Waals surface area (Å²) in [5.41, 5.74) is -2.67. The Morgan fingerprint density at radius 2 is 1.79 bits per heavy atom. The van der Waals surface area contributed by atoms with Crippen molar-refractivity contribution in [2.24, 2.45) is 5.14 Å². The third-order valence-corrected chi connectivity index (χ3v) is 5.27. The number of nitrogens with zero attached hydrogens (tertiary/aromatic N) is 4. The number of aliphatic hydroxyl groups is 1. The number of aromatic nitrogens is 4. The van der Waals surface area contributed by atoms with Crippen LogP contribution >= 0.6 is 0 Å². The SMILES string of the molecule is CC(O)(CS(N)(=O)=O)c1cc(-c2nnn(Cc3cc(OC(F)(F)F)ccc3F)n2)ccc1F. The van der Waals surface area contributed by atoms with Crippen molar-refractivity contribution in [3.05, 3.63) is 59.2 Å². The topological polar surface area (TPSA) is 133 Å². The molecule has 0 bridgehead atoms. The van der Waals surface area contributed by atoms with Gasteiger partial charge < -0.3 is 9.84 Å². The Hall–Kier alpha value is -3.17. The van der Waals surface area contributed by atoms with E-state index >= 15 is 0 Å². The first-order chi connectivity index (χ1) is 15.1. The third kappa shape index (κ3) is 6.43. The highest BCUT2D eigenvalue weighted by atomic mass is 32.2. The number of sulfonamides is 1. The average molecular weight is 493 g/mol. The van der Waals surface area contributed by atoms with E-state index in [4.69, 9.17) is 5.14 Å². The van der Waals surface area contributed by atoms with Crippen LogP contribution in [0.3, 0.4) is 0 Å². The van der Waals surface area contributed by atoms with Gasteiger partial charge in [0.25, 0.3) is 0 Å². The van der Waals surface area contributed by atoms with E-state index < -0.39 is 57.2 Å². The fourth-order valence-electron chi connectivity index (χ4n) is 2.99. The molecule has 0 saturated heterocycles. The maximum atomic E-state index is 14.3. The van der Waals surface area contributed by atoms with E-state index in [1.807, 2.05) is 0 Å². The predicted octanol–water partition coefficient (Wildman–Crippen LogP) is 2.06. The summed E-state index contributed by atoms with van der Waals surface area (Å²) in [6, 6.07) is 5.69. The zero-order chi connectivity index (χ0) is 24.6. The van der Waals surface area contributed by atoms with Gasteiger partial charge >= 0.3 is 6.36 Å². The molecule has 3 N–H and O–H groups in total. The molecule has 178 valence electrons.